The molecular formula is C16H16ClNO. The minimum absolute atomic E-state index is 0.408. The van der Waals surface area contributed by atoms with Crippen molar-refractivity contribution in [1.82, 2.24) is 4.84 Å². The van der Waals surface area contributed by atoms with E-state index in [0.29, 0.717) is 18.6 Å². The summed E-state index contributed by atoms with van der Waals surface area (Å²) >= 11 is 5.64. The molecule has 0 heterocycles. The molecule has 2 nitrogen and oxygen atoms in total. The number of benzene rings is 2. The Hall–Kier alpha value is -1.51. The molecule has 1 saturated carbocycles. The zero-order valence-corrected chi connectivity index (χ0v) is 11.3. The van der Waals surface area contributed by atoms with E-state index >= 15 is 0 Å². The van der Waals surface area contributed by atoms with Crippen LogP contribution in [-0.4, -0.2) is 6.04 Å². The van der Waals surface area contributed by atoms with Crippen LogP contribution in [0.4, 0.5) is 0 Å². The second kappa shape index (κ2) is 5.64. The quantitative estimate of drug-likeness (QED) is 0.835. The minimum Gasteiger partial charge on any atom is -0.489 e. The van der Waals surface area contributed by atoms with Gasteiger partial charge in [-0.25, -0.2) is 4.84 Å². The Morgan fingerprint density at radius 3 is 2.68 bits per heavy atom. The van der Waals surface area contributed by atoms with Crippen LogP contribution in [0.5, 0.6) is 5.75 Å². The van der Waals surface area contributed by atoms with Crippen LogP contribution in [0.1, 0.15) is 23.5 Å². The monoisotopic (exact) mass is 273 g/mol. The SMILES string of the molecule is ClNC1CC1c1cccc(OCc2ccccc2)c1. The lowest BCUT2D eigenvalue weighted by molar-refractivity contribution is 0.306. The third-order valence-electron chi connectivity index (χ3n) is 3.47. The predicted molar refractivity (Wildman–Crippen MR) is 77.4 cm³/mol. The second-order valence-corrected chi connectivity index (χ2v) is 5.12. The van der Waals surface area contributed by atoms with Crippen molar-refractivity contribution < 1.29 is 4.74 Å². The predicted octanol–water partition coefficient (Wildman–Crippen LogP) is 3.86. The summed E-state index contributed by atoms with van der Waals surface area (Å²) < 4.78 is 5.83. The molecule has 98 valence electrons. The smallest absolute Gasteiger partial charge is 0.120 e. The van der Waals surface area contributed by atoms with Crippen LogP contribution >= 0.6 is 11.8 Å². The average molecular weight is 274 g/mol. The molecular weight excluding hydrogens is 258 g/mol. The van der Waals surface area contributed by atoms with Crippen molar-refractivity contribution >= 4 is 11.8 Å². The van der Waals surface area contributed by atoms with E-state index < -0.39 is 0 Å². The fraction of sp³-hybridized carbons (Fsp3) is 0.250. The van der Waals surface area contributed by atoms with Crippen molar-refractivity contribution in [3.63, 3.8) is 0 Å². The van der Waals surface area contributed by atoms with E-state index in [1.807, 2.05) is 30.3 Å². The van der Waals surface area contributed by atoms with Crippen LogP contribution in [-0.2, 0) is 6.61 Å². The highest BCUT2D eigenvalue weighted by Gasteiger charge is 2.37. The highest BCUT2D eigenvalue weighted by Crippen LogP contribution is 2.41. The van der Waals surface area contributed by atoms with Crippen LogP contribution in [0.3, 0.4) is 0 Å². The number of ether oxygens (including phenoxy) is 1. The minimum atomic E-state index is 0.408. The molecule has 0 spiro atoms. The molecule has 0 saturated heterocycles. The first-order chi connectivity index (χ1) is 9.36. The molecule has 2 atom stereocenters. The molecule has 2 aromatic rings. The number of rotatable bonds is 5. The van der Waals surface area contributed by atoms with Crippen LogP contribution in [0.2, 0.25) is 0 Å². The van der Waals surface area contributed by atoms with Crippen molar-refractivity contribution in [1.29, 1.82) is 0 Å². The summed E-state index contributed by atoms with van der Waals surface area (Å²) in [5.74, 6) is 1.44. The van der Waals surface area contributed by atoms with E-state index in [1.54, 1.807) is 0 Å². The molecule has 1 fully saturated rings. The van der Waals surface area contributed by atoms with Crippen LogP contribution < -0.4 is 9.57 Å². The Morgan fingerprint density at radius 1 is 1.11 bits per heavy atom. The lowest BCUT2D eigenvalue weighted by Crippen LogP contribution is -2.03. The zero-order valence-electron chi connectivity index (χ0n) is 10.6. The van der Waals surface area contributed by atoms with E-state index in [9.17, 15) is 0 Å². The Morgan fingerprint density at radius 2 is 1.95 bits per heavy atom. The molecule has 1 aliphatic carbocycles. The first kappa shape index (κ1) is 12.5. The molecule has 1 N–H and O–H groups in total. The van der Waals surface area contributed by atoms with E-state index in [2.05, 4.69) is 29.1 Å². The second-order valence-electron chi connectivity index (χ2n) is 4.90. The van der Waals surface area contributed by atoms with Crippen LogP contribution in [0.25, 0.3) is 0 Å². The third kappa shape index (κ3) is 3.09. The molecule has 2 unspecified atom stereocenters. The summed E-state index contributed by atoms with van der Waals surface area (Å²) in [6.07, 6.45) is 1.10. The van der Waals surface area contributed by atoms with Crippen molar-refractivity contribution in [2.75, 3.05) is 0 Å². The van der Waals surface area contributed by atoms with Crippen molar-refractivity contribution in [3.05, 3.63) is 65.7 Å². The van der Waals surface area contributed by atoms with Gasteiger partial charge in [-0.15, -0.1) is 0 Å². The van der Waals surface area contributed by atoms with Gasteiger partial charge in [0.1, 0.15) is 12.4 Å². The van der Waals surface area contributed by atoms with Crippen LogP contribution in [0, 0.1) is 0 Å². The van der Waals surface area contributed by atoms with Crippen LogP contribution in [0.15, 0.2) is 54.6 Å². The van der Waals surface area contributed by atoms with Gasteiger partial charge in [0, 0.05) is 12.0 Å². The van der Waals surface area contributed by atoms with E-state index in [1.165, 1.54) is 11.1 Å². The number of nitrogens with one attached hydrogen (secondary N) is 1. The van der Waals surface area contributed by atoms with Gasteiger partial charge in [-0.2, -0.15) is 0 Å². The number of hydrogen-bond acceptors (Lipinski definition) is 2. The topological polar surface area (TPSA) is 21.3 Å². The maximum Gasteiger partial charge on any atom is 0.120 e. The largest absolute Gasteiger partial charge is 0.489 e. The van der Waals surface area contributed by atoms with Crippen molar-refractivity contribution in [2.24, 2.45) is 0 Å². The fourth-order valence-corrected chi connectivity index (χ4v) is 2.50. The van der Waals surface area contributed by atoms with Gasteiger partial charge in [0.25, 0.3) is 0 Å². The van der Waals surface area contributed by atoms with E-state index in [0.717, 1.165) is 12.2 Å². The summed E-state index contributed by atoms with van der Waals surface area (Å²) in [4.78, 5) is 2.80. The maximum atomic E-state index is 5.83. The normalized spacial score (nSPS) is 21.1. The molecule has 3 rings (SSSR count). The summed E-state index contributed by atoms with van der Waals surface area (Å²) in [5, 5.41) is 0. The Balaban J connectivity index is 1.64. The number of halogens is 1. The molecule has 0 bridgehead atoms. The Bertz CT molecular complexity index is 543. The molecule has 3 heteroatoms. The van der Waals surface area contributed by atoms with Gasteiger partial charge in [0.05, 0.1) is 0 Å². The Labute approximate surface area is 118 Å². The summed E-state index contributed by atoms with van der Waals surface area (Å²) in [6.45, 7) is 0.603. The third-order valence-corrected chi connectivity index (χ3v) is 3.75. The lowest BCUT2D eigenvalue weighted by Gasteiger charge is -2.08. The first-order valence-corrected chi connectivity index (χ1v) is 6.87. The molecule has 0 radical (unpaired) electrons. The van der Waals surface area contributed by atoms with E-state index in [-0.39, 0.29) is 0 Å². The summed E-state index contributed by atoms with van der Waals surface area (Å²) in [6, 6.07) is 18.9. The van der Waals surface area contributed by atoms with Gasteiger partial charge >= 0.3 is 0 Å². The number of hydrogen-bond donors (Lipinski definition) is 1. The molecule has 2 aromatic carbocycles. The maximum absolute atomic E-state index is 5.83. The van der Waals surface area contributed by atoms with Gasteiger partial charge in [-0.3, -0.25) is 0 Å². The highest BCUT2D eigenvalue weighted by molar-refractivity contribution is 6.13. The average Bonchev–Trinajstić information content (AvgIpc) is 3.26. The van der Waals surface area contributed by atoms with Gasteiger partial charge in [0.2, 0.25) is 0 Å². The van der Waals surface area contributed by atoms with Crippen molar-refractivity contribution in [3.8, 4) is 5.75 Å². The Kier molecular flexibility index (Phi) is 3.72. The lowest BCUT2D eigenvalue weighted by atomic mass is 10.1. The van der Waals surface area contributed by atoms with Gasteiger partial charge in [-0.1, -0.05) is 42.5 Å². The first-order valence-electron chi connectivity index (χ1n) is 6.49. The fourth-order valence-electron chi connectivity index (χ4n) is 2.26. The summed E-state index contributed by atoms with van der Waals surface area (Å²) in [7, 11) is 0. The van der Waals surface area contributed by atoms with E-state index in [4.69, 9.17) is 16.5 Å². The van der Waals surface area contributed by atoms with Gasteiger partial charge in [0.15, 0.2) is 0 Å². The highest BCUT2D eigenvalue weighted by atomic mass is 35.5. The van der Waals surface area contributed by atoms with Gasteiger partial charge < -0.3 is 4.74 Å². The standard InChI is InChI=1S/C16H16ClNO/c17-18-16-10-15(16)13-7-4-8-14(9-13)19-11-12-5-2-1-3-6-12/h1-9,15-16,18H,10-11H2. The zero-order chi connectivity index (χ0) is 13.1. The van der Waals surface area contributed by atoms with Gasteiger partial charge in [-0.05, 0) is 41.5 Å². The van der Waals surface area contributed by atoms with Crippen molar-refractivity contribution in [2.45, 2.75) is 25.0 Å². The molecule has 1 aliphatic rings. The molecule has 0 aromatic heterocycles. The molecule has 19 heavy (non-hydrogen) atoms. The molecule has 0 amide bonds. The summed E-state index contributed by atoms with van der Waals surface area (Å²) in [5.41, 5.74) is 2.48. The molecule has 0 aliphatic heterocycles.